The van der Waals surface area contributed by atoms with Gasteiger partial charge >= 0.3 is 0 Å². The summed E-state index contributed by atoms with van der Waals surface area (Å²) in [4.78, 5) is 33.1. The molecule has 0 radical (unpaired) electrons. The number of hydrogen-bond acceptors (Lipinski definition) is 6. The summed E-state index contributed by atoms with van der Waals surface area (Å²) in [5.74, 6) is 0.284. The first-order valence-electron chi connectivity index (χ1n) is 13.0. The van der Waals surface area contributed by atoms with Crippen molar-refractivity contribution in [2.24, 2.45) is 4.99 Å². The van der Waals surface area contributed by atoms with Gasteiger partial charge in [0.15, 0.2) is 4.80 Å². The number of nitriles is 1. The topological polar surface area (TPSA) is 101 Å². The van der Waals surface area contributed by atoms with Crippen molar-refractivity contribution in [3.63, 3.8) is 0 Å². The number of carbonyl (C=O) groups excluding carboxylic acids is 1. The molecule has 202 valence electrons. The Morgan fingerprint density at radius 1 is 1.12 bits per heavy atom. The average Bonchev–Trinajstić information content (AvgIpc) is 3.49. The van der Waals surface area contributed by atoms with E-state index in [0.717, 1.165) is 22.0 Å². The number of rotatable bonds is 6. The summed E-state index contributed by atoms with van der Waals surface area (Å²) in [6.07, 6.45) is 3.72. The number of para-hydroxylation sites is 2. The second kappa shape index (κ2) is 10.8. The van der Waals surface area contributed by atoms with Crippen molar-refractivity contribution in [2.75, 3.05) is 12.4 Å². The lowest BCUT2D eigenvalue weighted by Crippen LogP contribution is -2.40. The number of amides is 1. The summed E-state index contributed by atoms with van der Waals surface area (Å²) in [7, 11) is 1.58. The van der Waals surface area contributed by atoms with Crippen molar-refractivity contribution in [1.82, 2.24) is 9.13 Å². The third kappa shape index (κ3) is 4.75. The molecule has 0 aliphatic carbocycles. The van der Waals surface area contributed by atoms with E-state index in [0.29, 0.717) is 32.0 Å². The van der Waals surface area contributed by atoms with Crippen molar-refractivity contribution in [3.05, 3.63) is 127 Å². The van der Waals surface area contributed by atoms with Gasteiger partial charge < -0.3 is 14.6 Å². The third-order valence-electron chi connectivity index (χ3n) is 7.05. The second-order valence-corrected chi connectivity index (χ2v) is 10.6. The van der Waals surface area contributed by atoms with E-state index >= 15 is 0 Å². The minimum atomic E-state index is -0.716. The highest BCUT2D eigenvalue weighted by Gasteiger charge is 2.32. The van der Waals surface area contributed by atoms with Crippen molar-refractivity contribution >= 4 is 39.9 Å². The number of carbonyl (C=O) groups is 1. The van der Waals surface area contributed by atoms with E-state index in [1.807, 2.05) is 95.7 Å². The van der Waals surface area contributed by atoms with Crippen LogP contribution in [0.4, 0.5) is 5.69 Å². The molecular weight excluding hydrogens is 534 g/mol. The molecule has 41 heavy (non-hydrogen) atoms. The van der Waals surface area contributed by atoms with Gasteiger partial charge in [-0.05, 0) is 48.9 Å². The molecule has 0 saturated heterocycles. The third-order valence-corrected chi connectivity index (χ3v) is 8.04. The number of benzene rings is 3. The van der Waals surface area contributed by atoms with Crippen LogP contribution in [0.3, 0.4) is 0 Å². The van der Waals surface area contributed by atoms with Gasteiger partial charge in [-0.2, -0.15) is 5.26 Å². The molecule has 1 N–H and O–H groups in total. The zero-order valence-corrected chi connectivity index (χ0v) is 23.2. The van der Waals surface area contributed by atoms with Crippen LogP contribution in [0.25, 0.3) is 17.0 Å². The number of fused-ring (bicyclic) bond motifs is 2. The number of hydrogen-bond donors (Lipinski definition) is 1. The Kier molecular flexibility index (Phi) is 6.83. The Balaban J connectivity index is 1.54. The van der Waals surface area contributed by atoms with Gasteiger partial charge in [0, 0.05) is 28.4 Å². The molecule has 3 aromatic carbocycles. The molecule has 1 atom stereocenters. The zero-order chi connectivity index (χ0) is 28.5. The molecule has 0 fully saturated rings. The van der Waals surface area contributed by atoms with Gasteiger partial charge in [0.1, 0.15) is 12.3 Å². The van der Waals surface area contributed by atoms with Gasteiger partial charge in [-0.25, -0.2) is 4.99 Å². The van der Waals surface area contributed by atoms with Crippen molar-refractivity contribution in [2.45, 2.75) is 19.5 Å². The van der Waals surface area contributed by atoms with Crippen LogP contribution in [-0.4, -0.2) is 22.2 Å². The maximum atomic E-state index is 14.1. The molecule has 9 heteroatoms. The molecule has 8 nitrogen and oxygen atoms in total. The molecule has 0 bridgehead atoms. The van der Waals surface area contributed by atoms with Crippen LogP contribution < -0.4 is 24.9 Å². The highest BCUT2D eigenvalue weighted by atomic mass is 32.1. The first-order valence-corrected chi connectivity index (χ1v) is 13.8. The molecule has 3 heterocycles. The molecule has 1 amide bonds. The Bertz CT molecular complexity index is 2060. The SMILES string of the molecule is COc1cccc(C2C(C(=O)Nc3ccccc3)=C(C)N=c3s/c(=C\c4cn(CC#N)c5ccccc45)c(=O)n32)c1. The summed E-state index contributed by atoms with van der Waals surface area (Å²) in [6.45, 7) is 1.99. The number of aromatic nitrogens is 2. The Morgan fingerprint density at radius 2 is 1.90 bits per heavy atom. The van der Waals surface area contributed by atoms with E-state index in [1.165, 1.54) is 11.3 Å². The quantitative estimate of drug-likeness (QED) is 0.334. The lowest BCUT2D eigenvalue weighted by atomic mass is 9.95. The lowest BCUT2D eigenvalue weighted by Gasteiger charge is -2.25. The van der Waals surface area contributed by atoms with Crippen LogP contribution in [-0.2, 0) is 11.3 Å². The summed E-state index contributed by atoms with van der Waals surface area (Å²) >= 11 is 1.27. The molecule has 2 aromatic heterocycles. The first-order chi connectivity index (χ1) is 20.0. The summed E-state index contributed by atoms with van der Waals surface area (Å²) in [6, 6.07) is 25.8. The van der Waals surface area contributed by atoms with E-state index < -0.39 is 6.04 Å². The molecule has 0 spiro atoms. The fourth-order valence-electron chi connectivity index (χ4n) is 5.20. The Hall–Kier alpha value is -5.20. The highest BCUT2D eigenvalue weighted by molar-refractivity contribution is 7.07. The lowest BCUT2D eigenvalue weighted by molar-refractivity contribution is -0.113. The number of ether oxygens (including phenoxy) is 1. The number of nitrogens with one attached hydrogen (secondary N) is 1. The average molecular weight is 560 g/mol. The normalized spacial score (nSPS) is 14.9. The molecule has 0 saturated carbocycles. The Morgan fingerprint density at radius 3 is 2.68 bits per heavy atom. The predicted octanol–water partition coefficient (Wildman–Crippen LogP) is 4.36. The van der Waals surface area contributed by atoms with Gasteiger partial charge in [0.2, 0.25) is 0 Å². The summed E-state index contributed by atoms with van der Waals surface area (Å²) < 4.78 is 9.41. The van der Waals surface area contributed by atoms with Crippen LogP contribution in [0, 0.1) is 11.3 Å². The van der Waals surface area contributed by atoms with Crippen LogP contribution in [0.5, 0.6) is 5.75 Å². The van der Waals surface area contributed by atoms with Crippen molar-refractivity contribution in [1.29, 1.82) is 5.26 Å². The van der Waals surface area contributed by atoms with E-state index in [4.69, 9.17) is 9.73 Å². The second-order valence-electron chi connectivity index (χ2n) is 9.57. The molecular formula is C32H25N5O3S. The Labute approximate surface area is 239 Å². The molecule has 6 rings (SSSR count). The molecule has 5 aromatic rings. The van der Waals surface area contributed by atoms with Gasteiger partial charge in [0.05, 0.1) is 35.0 Å². The molecule has 1 aliphatic heterocycles. The van der Waals surface area contributed by atoms with Crippen LogP contribution >= 0.6 is 11.3 Å². The minimum absolute atomic E-state index is 0.199. The highest BCUT2D eigenvalue weighted by Crippen LogP contribution is 2.32. The van der Waals surface area contributed by atoms with Gasteiger partial charge in [0.25, 0.3) is 11.5 Å². The van der Waals surface area contributed by atoms with Crippen molar-refractivity contribution in [3.8, 4) is 11.8 Å². The predicted molar refractivity (Wildman–Crippen MR) is 159 cm³/mol. The van der Waals surface area contributed by atoms with E-state index in [9.17, 15) is 14.9 Å². The van der Waals surface area contributed by atoms with Crippen molar-refractivity contribution < 1.29 is 9.53 Å². The maximum absolute atomic E-state index is 14.1. The monoisotopic (exact) mass is 559 g/mol. The number of methoxy groups -OCH3 is 1. The van der Waals surface area contributed by atoms with Crippen LogP contribution in [0.2, 0.25) is 0 Å². The van der Waals surface area contributed by atoms with E-state index in [-0.39, 0.29) is 18.0 Å². The zero-order valence-electron chi connectivity index (χ0n) is 22.4. The summed E-state index contributed by atoms with van der Waals surface area (Å²) in [5, 5.41) is 13.2. The van der Waals surface area contributed by atoms with Gasteiger partial charge in [-0.15, -0.1) is 0 Å². The molecule has 1 unspecified atom stereocenters. The number of allylic oxidation sites excluding steroid dienone is 1. The van der Waals surface area contributed by atoms with Crippen LogP contribution in [0.1, 0.15) is 24.1 Å². The largest absolute Gasteiger partial charge is 0.497 e. The van der Waals surface area contributed by atoms with Gasteiger partial charge in [-0.1, -0.05) is 59.9 Å². The smallest absolute Gasteiger partial charge is 0.271 e. The fourth-order valence-corrected chi connectivity index (χ4v) is 6.23. The van der Waals surface area contributed by atoms with Gasteiger partial charge in [-0.3, -0.25) is 14.2 Å². The number of thiazole rings is 1. The molecule has 1 aliphatic rings. The van der Waals surface area contributed by atoms with E-state index in [2.05, 4.69) is 11.4 Å². The fraction of sp³-hybridized carbons (Fsp3) is 0.125. The maximum Gasteiger partial charge on any atom is 0.271 e. The first kappa shape index (κ1) is 26.0. The van der Waals surface area contributed by atoms with E-state index in [1.54, 1.807) is 18.6 Å². The van der Waals surface area contributed by atoms with Crippen LogP contribution in [0.15, 0.2) is 106 Å². The number of anilines is 1. The number of nitrogens with zero attached hydrogens (tertiary/aromatic N) is 4. The standard InChI is InChI=1S/C32H25N5O3S/c1-20-28(30(38)35-23-10-4-3-5-11-23)29(21-9-8-12-24(17-21)40-2)37-31(39)27(41-32(37)34-20)18-22-19-36(16-15-33)26-14-7-6-13-25(22)26/h3-14,17-19,29H,16H2,1-2H3,(H,35,38)/b27-18-. The summed E-state index contributed by atoms with van der Waals surface area (Å²) in [5.41, 5.74) is 3.78. The minimum Gasteiger partial charge on any atom is -0.497 e.